The number of aliphatic imine (C=N–C) groups is 1. The SMILES string of the molecule is C[N+]1(C)C=CN=C1C(=O)[O-]. The van der Waals surface area contributed by atoms with E-state index in [1.807, 2.05) is 0 Å². The largest absolute Gasteiger partial charge is 0.539 e. The van der Waals surface area contributed by atoms with Gasteiger partial charge in [-0.1, -0.05) is 0 Å². The average molecular weight is 140 g/mol. The Morgan fingerprint density at radius 2 is 2.30 bits per heavy atom. The molecule has 0 saturated heterocycles. The summed E-state index contributed by atoms with van der Waals surface area (Å²) in [7, 11) is 3.44. The predicted molar refractivity (Wildman–Crippen MR) is 33.7 cm³/mol. The summed E-state index contributed by atoms with van der Waals surface area (Å²) in [5.74, 6) is -1.17. The molecule has 0 aromatic heterocycles. The highest BCUT2D eigenvalue weighted by Gasteiger charge is 2.25. The van der Waals surface area contributed by atoms with Gasteiger partial charge in [0.1, 0.15) is 12.2 Å². The molecule has 0 unspecified atom stereocenters. The zero-order chi connectivity index (χ0) is 7.78. The number of likely N-dealkylation sites (N-methyl/N-ethyl adjacent to an activating group) is 1. The molecule has 0 fully saturated rings. The quantitative estimate of drug-likeness (QED) is 0.425. The van der Waals surface area contributed by atoms with E-state index >= 15 is 0 Å². The summed E-state index contributed by atoms with van der Waals surface area (Å²) in [6, 6.07) is 0. The van der Waals surface area contributed by atoms with Crippen molar-refractivity contribution in [2.75, 3.05) is 14.1 Å². The molecule has 0 atom stereocenters. The number of hydrogen-bond donors (Lipinski definition) is 0. The fourth-order valence-corrected chi connectivity index (χ4v) is 0.778. The van der Waals surface area contributed by atoms with Crippen LogP contribution in [0.4, 0.5) is 0 Å². The van der Waals surface area contributed by atoms with E-state index in [1.54, 1.807) is 20.3 Å². The van der Waals surface area contributed by atoms with E-state index in [2.05, 4.69) is 4.99 Å². The van der Waals surface area contributed by atoms with Gasteiger partial charge in [0.15, 0.2) is 0 Å². The lowest BCUT2D eigenvalue weighted by Gasteiger charge is -2.21. The van der Waals surface area contributed by atoms with Crippen LogP contribution < -0.4 is 5.11 Å². The first kappa shape index (κ1) is 6.95. The number of aliphatic carboxylic acids is 1. The van der Waals surface area contributed by atoms with Gasteiger partial charge in [0.05, 0.1) is 20.3 Å². The maximum absolute atomic E-state index is 10.3. The van der Waals surface area contributed by atoms with Gasteiger partial charge in [-0.15, -0.1) is 0 Å². The van der Waals surface area contributed by atoms with Gasteiger partial charge in [0, 0.05) is 0 Å². The Balaban J connectivity index is 2.93. The van der Waals surface area contributed by atoms with Crippen LogP contribution in [0.2, 0.25) is 0 Å². The van der Waals surface area contributed by atoms with Gasteiger partial charge in [0.25, 0.3) is 5.84 Å². The van der Waals surface area contributed by atoms with E-state index in [0.717, 1.165) is 0 Å². The van der Waals surface area contributed by atoms with Gasteiger partial charge >= 0.3 is 0 Å². The van der Waals surface area contributed by atoms with Crippen molar-refractivity contribution in [3.8, 4) is 0 Å². The molecule has 0 spiro atoms. The highest BCUT2D eigenvalue weighted by Crippen LogP contribution is 2.08. The fourth-order valence-electron chi connectivity index (χ4n) is 0.778. The summed E-state index contributed by atoms with van der Waals surface area (Å²) >= 11 is 0. The molecule has 0 saturated carbocycles. The highest BCUT2D eigenvalue weighted by molar-refractivity contribution is 6.30. The lowest BCUT2D eigenvalue weighted by atomic mass is 10.5. The predicted octanol–water partition coefficient (Wildman–Crippen LogP) is -1.30. The molecule has 0 aliphatic carbocycles. The smallest absolute Gasteiger partial charge is 0.255 e. The molecular formula is C6H8N2O2. The molecule has 0 aromatic carbocycles. The fraction of sp³-hybridized carbons (Fsp3) is 0.333. The topological polar surface area (TPSA) is 52.5 Å². The molecule has 4 heteroatoms. The molecule has 10 heavy (non-hydrogen) atoms. The second-order valence-corrected chi connectivity index (χ2v) is 2.58. The van der Waals surface area contributed by atoms with E-state index in [-0.39, 0.29) is 10.3 Å². The third-order valence-corrected chi connectivity index (χ3v) is 1.36. The number of carbonyl (C=O) groups excluding carboxylic acids is 1. The van der Waals surface area contributed by atoms with Gasteiger partial charge in [-0.25, -0.2) is 0 Å². The van der Waals surface area contributed by atoms with Crippen LogP contribution in [-0.2, 0) is 4.79 Å². The zero-order valence-electron chi connectivity index (χ0n) is 5.87. The second kappa shape index (κ2) is 1.91. The molecular weight excluding hydrogens is 132 g/mol. The van der Waals surface area contributed by atoms with E-state index in [9.17, 15) is 9.90 Å². The van der Waals surface area contributed by atoms with Crippen molar-refractivity contribution < 1.29 is 14.4 Å². The summed E-state index contributed by atoms with van der Waals surface area (Å²) in [5, 5.41) is 10.3. The van der Waals surface area contributed by atoms with Gasteiger partial charge in [0.2, 0.25) is 0 Å². The van der Waals surface area contributed by atoms with Crippen LogP contribution in [0.5, 0.6) is 0 Å². The first-order valence-corrected chi connectivity index (χ1v) is 2.85. The number of nitrogens with zero attached hydrogens (tertiary/aromatic N) is 2. The number of hydrogen-bond acceptors (Lipinski definition) is 3. The van der Waals surface area contributed by atoms with Crippen LogP contribution in [0, 0.1) is 0 Å². The normalized spacial score (nSPS) is 20.8. The second-order valence-electron chi connectivity index (χ2n) is 2.58. The number of carboxylic acids is 1. The van der Waals surface area contributed by atoms with Crippen molar-refractivity contribution in [3.05, 3.63) is 12.4 Å². The molecule has 1 aliphatic heterocycles. The molecule has 0 N–H and O–H groups in total. The van der Waals surface area contributed by atoms with Crippen LogP contribution >= 0.6 is 0 Å². The number of quaternary nitrogens is 1. The standard InChI is InChI=1S/C6H8N2O2/c1-8(2)4-3-7-5(8)6(9)10/h3-4H,1-2H3. The first-order chi connectivity index (χ1) is 4.54. The Bertz CT molecular complexity index is 228. The zero-order valence-corrected chi connectivity index (χ0v) is 5.87. The summed E-state index contributed by atoms with van der Waals surface area (Å²) < 4.78 is 0.155. The summed E-state index contributed by atoms with van der Waals surface area (Å²) in [6.45, 7) is 0. The van der Waals surface area contributed by atoms with E-state index in [4.69, 9.17) is 0 Å². The molecule has 1 rings (SSSR count). The van der Waals surface area contributed by atoms with Gasteiger partial charge in [-0.05, 0) is 0 Å². The number of carboxylic acid groups (broad SMARTS) is 1. The molecule has 0 bridgehead atoms. The van der Waals surface area contributed by atoms with Gasteiger partial charge in [-0.3, -0.25) is 4.48 Å². The van der Waals surface area contributed by atoms with Crippen molar-refractivity contribution in [2.24, 2.45) is 4.99 Å². The highest BCUT2D eigenvalue weighted by atomic mass is 16.4. The molecule has 0 radical (unpaired) electrons. The lowest BCUT2D eigenvalue weighted by Crippen LogP contribution is -2.48. The van der Waals surface area contributed by atoms with Crippen molar-refractivity contribution >= 4 is 11.8 Å². The van der Waals surface area contributed by atoms with Crippen LogP contribution in [-0.4, -0.2) is 30.4 Å². The van der Waals surface area contributed by atoms with E-state index in [0.29, 0.717) is 0 Å². The van der Waals surface area contributed by atoms with Gasteiger partial charge in [-0.2, -0.15) is 4.99 Å². The van der Waals surface area contributed by atoms with Crippen LogP contribution in [0.3, 0.4) is 0 Å². The summed E-state index contributed by atoms with van der Waals surface area (Å²) in [5.41, 5.74) is 0. The molecule has 1 aliphatic rings. The van der Waals surface area contributed by atoms with Crippen LogP contribution in [0.25, 0.3) is 0 Å². The Labute approximate surface area is 58.7 Å². The molecule has 4 nitrogen and oxygen atoms in total. The maximum Gasteiger partial charge on any atom is 0.255 e. The molecule has 1 heterocycles. The number of carbonyl (C=O) groups is 1. The van der Waals surface area contributed by atoms with Crippen molar-refractivity contribution in [2.45, 2.75) is 0 Å². The maximum atomic E-state index is 10.3. The summed E-state index contributed by atoms with van der Waals surface area (Å²) in [6.07, 6.45) is 3.14. The number of amidine groups is 1. The Kier molecular flexibility index (Phi) is 1.33. The molecule has 0 aromatic rings. The Hall–Kier alpha value is -1.16. The van der Waals surface area contributed by atoms with E-state index in [1.165, 1.54) is 6.20 Å². The van der Waals surface area contributed by atoms with Gasteiger partial charge < -0.3 is 9.90 Å². The molecule has 54 valence electrons. The minimum absolute atomic E-state index is 0.0417. The average Bonchev–Trinajstić information content (AvgIpc) is 2.08. The van der Waals surface area contributed by atoms with Crippen molar-refractivity contribution in [1.82, 2.24) is 0 Å². The monoisotopic (exact) mass is 140 g/mol. The third kappa shape index (κ3) is 0.930. The number of rotatable bonds is 1. The van der Waals surface area contributed by atoms with Crippen LogP contribution in [0.1, 0.15) is 0 Å². The Morgan fingerprint density at radius 1 is 1.70 bits per heavy atom. The first-order valence-electron chi connectivity index (χ1n) is 2.85. The minimum Gasteiger partial charge on any atom is -0.539 e. The van der Waals surface area contributed by atoms with Crippen LogP contribution in [0.15, 0.2) is 17.4 Å². The van der Waals surface area contributed by atoms with Crippen molar-refractivity contribution in [3.63, 3.8) is 0 Å². The molecule has 0 amide bonds. The Morgan fingerprint density at radius 3 is 2.50 bits per heavy atom. The summed E-state index contributed by atoms with van der Waals surface area (Å²) in [4.78, 5) is 14.0. The third-order valence-electron chi connectivity index (χ3n) is 1.36. The van der Waals surface area contributed by atoms with Crippen molar-refractivity contribution in [1.29, 1.82) is 0 Å². The van der Waals surface area contributed by atoms with E-state index < -0.39 is 5.97 Å². The minimum atomic E-state index is -1.21. The lowest BCUT2D eigenvalue weighted by molar-refractivity contribution is -0.739.